The third-order valence-electron chi connectivity index (χ3n) is 11.4. The van der Waals surface area contributed by atoms with E-state index in [0.29, 0.717) is 84.5 Å². The molecule has 4 saturated heterocycles. The zero-order valence-corrected chi connectivity index (χ0v) is 129. The van der Waals surface area contributed by atoms with Gasteiger partial charge in [0.15, 0.2) is 0 Å². The molecule has 4 aliphatic heterocycles. The Morgan fingerprint density at radius 2 is 0.772 bits per heavy atom. The Balaban J connectivity index is 0.000000325. The maximum absolute atomic E-state index is 12.4. The van der Waals surface area contributed by atoms with Gasteiger partial charge in [0.2, 0.25) is 5.91 Å². The molecular weight excluding hydrogens is 5640 g/mol. The van der Waals surface area contributed by atoms with Crippen LogP contribution < -0.4 is 13.3 Å². The number of rotatable bonds is 24. The normalized spacial score (nSPS) is 19.5. The third kappa shape index (κ3) is 40.2. The number of nitrogens with zero attached hydrogens (tertiary/aromatic N) is 5. The second-order valence-electron chi connectivity index (χ2n) is 16.3. The van der Waals surface area contributed by atoms with E-state index in [-0.39, 0.29) is 126 Å². The molecule has 0 aromatic heterocycles. The van der Waals surface area contributed by atoms with Gasteiger partial charge in [0.25, 0.3) is 0 Å². The standard InChI is InChI=1S/C19H25N3O5.C19H24N2O5.I20.I19/c1-20-12-16(17(23)26-2)22(18(20)24)15-8-10-21(11-9-15)19(25)27-13-14-6-4-3-5-7-14;1-25-18(23)16-7-8-17(22)21(16)15-9-11-20(12-10-15)19(24)26-13-14-5-3-2-4-6-14;1-12(2)14(5)16(7)18(9)20(11)19(10)17(8)15(6)13(3)4;1-11-13(4)15(6)17(8)19(10)18(9)16(7)14(5)12(2)3/h3-7,15-16H,8-13H2,1-2H3;2-6,15-16H,7-13H2,1H3;;/q;;;-1/t2*16-;;/m11../s1. The Kier molecular flexibility index (Phi) is 74.0. The van der Waals surface area contributed by atoms with Crippen LogP contribution in [-0.4, -0.2) is 139 Å². The van der Waals surface area contributed by atoms with Crippen LogP contribution in [0.2, 0.25) is 0 Å². The van der Waals surface area contributed by atoms with Crippen molar-refractivity contribution in [1.82, 2.24) is 24.5 Å². The monoisotopic (exact) mass is 5680 g/mol. The van der Waals surface area contributed by atoms with Crippen LogP contribution in [0, 0.1) is 0 Å². The molecule has 4 heterocycles. The number of hydrogen-bond donors (Lipinski definition) is 0. The summed E-state index contributed by atoms with van der Waals surface area (Å²) in [5.74, 6) is -0.775. The van der Waals surface area contributed by atoms with Gasteiger partial charge in [-0.1, -0.05) is 60.7 Å². The van der Waals surface area contributed by atoms with Crippen LogP contribution in [0.25, 0.3) is 0 Å². The van der Waals surface area contributed by atoms with Crippen molar-refractivity contribution in [2.24, 2.45) is 0 Å². The fraction of sp³-hybridized carbons (Fsp3) is 0.526. The van der Waals surface area contributed by atoms with Crippen molar-refractivity contribution in [3.05, 3.63) is 71.8 Å². The van der Waals surface area contributed by atoms with Crippen molar-refractivity contribution in [3.63, 3.8) is 0 Å². The van der Waals surface area contributed by atoms with E-state index in [0.717, 1.165) is 11.1 Å². The molecule has 92 heavy (non-hydrogen) atoms. The van der Waals surface area contributed by atoms with Crippen molar-refractivity contribution in [2.75, 3.05) is 54.0 Å². The Hall–Kier alpha value is 23.1. The molecule has 0 unspecified atom stereocenters. The number of benzene rings is 2. The molecule has 4 fully saturated rings. The van der Waals surface area contributed by atoms with Gasteiger partial charge in [0, 0.05) is 51.7 Å². The molecule has 54 heteroatoms. The molecular formula is C38H49I39N5O10-. The molecule has 0 N–H and O–H groups in total. The minimum atomic E-state index is -0.589. The summed E-state index contributed by atoms with van der Waals surface area (Å²) in [6.45, 7) is 2.80. The van der Waals surface area contributed by atoms with E-state index in [2.05, 4.69) is 391 Å². The summed E-state index contributed by atoms with van der Waals surface area (Å²) in [5, 5.41) is 0. The number of halogens is 39. The zero-order chi connectivity index (χ0) is 69.4. The Morgan fingerprint density at radius 1 is 0.457 bits per heavy atom. The molecule has 4 aliphatic rings. The molecule has 2 aromatic carbocycles. The topological polar surface area (TPSA) is 156 Å². The first kappa shape index (κ1) is 109. The zero-order valence-electron chi connectivity index (χ0n) is 45.3. The van der Waals surface area contributed by atoms with Crippen molar-refractivity contribution >= 4 is 561 Å². The van der Waals surface area contributed by atoms with Crippen LogP contribution in [0.1, 0.15) is 49.7 Å². The summed E-state index contributed by atoms with van der Waals surface area (Å²) in [6.07, 6.45) is 2.67. The van der Waals surface area contributed by atoms with E-state index in [1.165, 1.54) is 19.1 Å². The fourth-order valence-corrected chi connectivity index (χ4v) is 5670. The Labute approximate surface area is 815 Å². The van der Waals surface area contributed by atoms with Crippen LogP contribution in [0.5, 0.6) is 0 Å². The molecule has 560 valence electrons. The van der Waals surface area contributed by atoms with Gasteiger partial charge < -0.3 is 43.4 Å². The molecule has 15 nitrogen and oxygen atoms in total. The number of amides is 5. The summed E-state index contributed by atoms with van der Waals surface area (Å²) >= 11 is 64.2. The van der Waals surface area contributed by atoms with Crippen molar-refractivity contribution in [1.29, 1.82) is 0 Å². The first-order valence-corrected chi connectivity index (χ1v) is 256. The predicted molar refractivity (Wildman–Crippen MR) is 723 cm³/mol. The first-order chi connectivity index (χ1) is 43.3. The van der Waals surface area contributed by atoms with Crippen LogP contribution in [-0.2, 0) is 46.5 Å². The summed E-state index contributed by atoms with van der Waals surface area (Å²) in [5.41, 5.74) is 1.88. The van der Waals surface area contributed by atoms with E-state index in [1.807, 2.05) is 60.7 Å². The van der Waals surface area contributed by atoms with Gasteiger partial charge >= 0.3 is 569 Å². The molecule has 0 saturated carbocycles. The second kappa shape index (κ2) is 62.3. The van der Waals surface area contributed by atoms with Crippen molar-refractivity contribution < 1.29 is 61.0 Å². The van der Waals surface area contributed by atoms with Gasteiger partial charge in [-0.3, -0.25) is 4.79 Å². The van der Waals surface area contributed by atoms with E-state index in [1.54, 1.807) is 26.6 Å². The molecule has 0 aliphatic carbocycles. The molecule has 6 rings (SSSR count). The minimum absolute atomic E-state index is 0.00879. The van der Waals surface area contributed by atoms with Gasteiger partial charge in [-0.25, -0.2) is 24.0 Å². The molecule has 0 radical (unpaired) electrons. The van der Waals surface area contributed by atoms with E-state index < -0.39 is 81.2 Å². The fourth-order valence-electron chi connectivity index (χ4n) is 7.71. The number of urea groups is 1. The molecule has 0 spiro atoms. The van der Waals surface area contributed by atoms with Crippen LogP contribution in [0.15, 0.2) is 60.7 Å². The van der Waals surface area contributed by atoms with Gasteiger partial charge in [0.1, 0.15) is 25.3 Å². The van der Waals surface area contributed by atoms with E-state index >= 15 is 0 Å². The van der Waals surface area contributed by atoms with E-state index in [9.17, 15) is 28.8 Å². The summed E-state index contributed by atoms with van der Waals surface area (Å²) in [7, 11) is -2.30. The number of likely N-dealkylation sites (N-methyl/N-ethyl adjacent to an activating group) is 1. The number of carbonyl (C=O) groups excluding carboxylic acids is 6. The number of likely N-dealkylation sites (tertiary alicyclic amines) is 3. The number of methoxy groups -OCH3 is 2. The third-order valence-corrected chi connectivity index (χ3v) is 2570. The van der Waals surface area contributed by atoms with Gasteiger partial charge in [0.05, 0.1) is 20.8 Å². The molecule has 2 atom stereocenters. The van der Waals surface area contributed by atoms with Gasteiger partial charge in [-0.15, -0.1) is 0 Å². The predicted octanol–water partition coefficient (Wildman–Crippen LogP) is 34.3. The number of ether oxygens (including phenoxy) is 4. The van der Waals surface area contributed by atoms with Crippen LogP contribution >= 0.6 is 525 Å². The maximum atomic E-state index is 12.4. The van der Waals surface area contributed by atoms with E-state index in [4.69, 9.17) is 18.9 Å². The number of carbonyl (C=O) groups is 6. The van der Waals surface area contributed by atoms with Crippen LogP contribution in [0.4, 0.5) is 14.4 Å². The van der Waals surface area contributed by atoms with Crippen molar-refractivity contribution in [3.8, 4) is 0 Å². The van der Waals surface area contributed by atoms with Gasteiger partial charge in [-0.05, 0) is 43.2 Å². The van der Waals surface area contributed by atoms with Crippen LogP contribution in [0.3, 0.4) is 0 Å². The number of hydrogen-bond acceptors (Lipinski definition) is 10. The Morgan fingerprint density at radius 3 is 1.10 bits per heavy atom. The SMILES string of the molecule is COC(=O)[C@H]1CCC(=O)N1C1CCN(C(=O)OCc2ccccc2)CC1.COC(=O)[C@H]1CN(C)C(=O)N1C1CCN(C(=O)OCc2ccccc2)CC1.II(I)I(I)I(I)I(I)I(I)I(I)I(I)I(I)I(I)I.I[I-]I(I)I(I)I(I)I(I)I(I)I(I)I(I)I(I)I. The van der Waals surface area contributed by atoms with Crippen molar-refractivity contribution in [2.45, 2.75) is 75.9 Å². The first-order valence-electron chi connectivity index (χ1n) is 23.3. The quantitative estimate of drug-likeness (QED) is 0.0563. The average Bonchev–Trinajstić information content (AvgIpc) is 1.66. The second-order valence-corrected chi connectivity index (χ2v) is 861. The van der Waals surface area contributed by atoms with Gasteiger partial charge in [-0.2, -0.15) is 0 Å². The molecule has 0 bridgehead atoms. The summed E-state index contributed by atoms with van der Waals surface area (Å²) in [6, 6.07) is 17.7. The number of piperidine rings is 2. The molecule has 5 amide bonds. The number of esters is 2. The molecule has 2 aromatic rings. The summed E-state index contributed by atoms with van der Waals surface area (Å²) < 4.78 is 20.4. The summed E-state index contributed by atoms with van der Waals surface area (Å²) in [4.78, 5) is 81.2. The average molecular weight is 5690 g/mol. The Bertz CT molecular complexity index is 2530.